The molecule has 2 bridgehead atoms. The molecule has 0 aromatic heterocycles. The van der Waals surface area contributed by atoms with E-state index in [1.54, 1.807) is 12.1 Å². The molecule has 1 aliphatic heterocycles. The van der Waals surface area contributed by atoms with E-state index in [1.165, 1.54) is 19.1 Å². The Balaban J connectivity index is 1.11. The predicted molar refractivity (Wildman–Crippen MR) is 156 cm³/mol. The summed E-state index contributed by atoms with van der Waals surface area (Å²) in [6.07, 6.45) is 0. The van der Waals surface area contributed by atoms with Crippen LogP contribution in [0.4, 0.5) is 5.69 Å². The van der Waals surface area contributed by atoms with Crippen molar-refractivity contribution in [1.82, 2.24) is 4.90 Å². The summed E-state index contributed by atoms with van der Waals surface area (Å²) >= 11 is 0. The summed E-state index contributed by atoms with van der Waals surface area (Å²) in [7, 11) is 0. The number of hydrogen-bond donors (Lipinski definition) is 1. The molecule has 3 aliphatic carbocycles. The minimum atomic E-state index is -1.19. The van der Waals surface area contributed by atoms with E-state index in [1.807, 2.05) is 62.4 Å². The predicted octanol–water partition coefficient (Wildman–Crippen LogP) is 4.26. The standard InChI is InChI=1S/C34H32N2O7/c1-18(2)16-42-34(41)20-12-14-21(15-13-20)35-26(37)17-43-33(40)19(3)36-31(38)29-27-22-8-4-5-9-23(22)28(30(29)32(36)39)25-11-7-6-10-24(25)27/h4-15,18-19,27-30H,16-17H2,1-3H3,(H,35,37)/t19-,27?,28?,29-,30+/m0/s1. The Morgan fingerprint density at radius 2 is 1.23 bits per heavy atom. The fourth-order valence-electron chi connectivity index (χ4n) is 6.66. The minimum Gasteiger partial charge on any atom is -0.462 e. The van der Waals surface area contributed by atoms with Crippen molar-refractivity contribution in [3.63, 3.8) is 0 Å². The van der Waals surface area contributed by atoms with Crippen LogP contribution in [0, 0.1) is 17.8 Å². The maximum atomic E-state index is 13.8. The average molecular weight is 581 g/mol. The van der Waals surface area contributed by atoms with Crippen LogP contribution in [0.1, 0.15) is 65.2 Å². The fourth-order valence-corrected chi connectivity index (χ4v) is 6.66. The van der Waals surface area contributed by atoms with Crippen molar-refractivity contribution >= 4 is 35.3 Å². The Bertz CT molecular complexity index is 1510. The number of rotatable bonds is 8. The van der Waals surface area contributed by atoms with Crippen molar-refractivity contribution < 1.29 is 33.4 Å². The number of ether oxygens (including phenoxy) is 2. The second-order valence-electron chi connectivity index (χ2n) is 11.7. The quantitative estimate of drug-likeness (QED) is 0.312. The second-order valence-corrected chi connectivity index (χ2v) is 11.7. The van der Waals surface area contributed by atoms with E-state index in [4.69, 9.17) is 9.47 Å². The number of hydrogen-bond acceptors (Lipinski definition) is 7. The topological polar surface area (TPSA) is 119 Å². The van der Waals surface area contributed by atoms with Gasteiger partial charge in [0.05, 0.1) is 24.0 Å². The molecule has 3 amide bonds. The Morgan fingerprint density at radius 3 is 1.70 bits per heavy atom. The molecule has 1 fully saturated rings. The summed E-state index contributed by atoms with van der Waals surface area (Å²) in [5.74, 6) is -4.25. The zero-order chi connectivity index (χ0) is 30.4. The van der Waals surface area contributed by atoms with E-state index in [9.17, 15) is 24.0 Å². The van der Waals surface area contributed by atoms with Gasteiger partial charge in [0.25, 0.3) is 5.91 Å². The van der Waals surface area contributed by atoms with Gasteiger partial charge in [-0.15, -0.1) is 0 Å². The van der Waals surface area contributed by atoms with Crippen LogP contribution in [0.5, 0.6) is 0 Å². The number of nitrogens with zero attached hydrogens (tertiary/aromatic N) is 1. The molecule has 0 saturated carbocycles. The molecule has 7 rings (SSSR count). The monoisotopic (exact) mass is 580 g/mol. The van der Waals surface area contributed by atoms with Crippen LogP contribution in [0.3, 0.4) is 0 Å². The lowest BCUT2D eigenvalue weighted by Crippen LogP contribution is -2.45. The first-order chi connectivity index (χ1) is 20.7. The molecule has 3 aromatic rings. The first-order valence-electron chi connectivity index (χ1n) is 14.5. The van der Waals surface area contributed by atoms with Gasteiger partial charge in [-0.2, -0.15) is 0 Å². The Labute approximate surface area is 249 Å². The Kier molecular flexibility index (Phi) is 7.33. The molecular weight excluding hydrogens is 548 g/mol. The normalized spacial score (nSPS) is 22.0. The zero-order valence-electron chi connectivity index (χ0n) is 24.1. The number of likely N-dealkylation sites (tertiary alicyclic amines) is 1. The first-order valence-corrected chi connectivity index (χ1v) is 14.5. The third-order valence-corrected chi connectivity index (χ3v) is 8.51. The molecule has 4 aliphatic rings. The highest BCUT2D eigenvalue weighted by Crippen LogP contribution is 2.61. The molecule has 0 radical (unpaired) electrons. The first kappa shape index (κ1) is 28.3. The van der Waals surface area contributed by atoms with Crippen molar-refractivity contribution in [2.24, 2.45) is 17.8 Å². The number of carbonyl (C=O) groups is 5. The van der Waals surface area contributed by atoms with E-state index in [-0.39, 0.29) is 17.8 Å². The van der Waals surface area contributed by atoms with E-state index in [0.717, 1.165) is 27.2 Å². The molecule has 1 N–H and O–H groups in total. The number of amides is 3. The van der Waals surface area contributed by atoms with Crippen LogP contribution < -0.4 is 5.32 Å². The lowest BCUT2D eigenvalue weighted by molar-refractivity contribution is -0.159. The molecular formula is C34H32N2O7. The van der Waals surface area contributed by atoms with Crippen LogP contribution in [-0.4, -0.2) is 53.8 Å². The molecule has 0 unspecified atom stereocenters. The zero-order valence-corrected chi connectivity index (χ0v) is 24.1. The van der Waals surface area contributed by atoms with Gasteiger partial charge in [0, 0.05) is 17.5 Å². The number of benzene rings is 3. The average Bonchev–Trinajstić information content (AvgIpc) is 3.28. The van der Waals surface area contributed by atoms with E-state index >= 15 is 0 Å². The fraction of sp³-hybridized carbons (Fsp3) is 0.324. The van der Waals surface area contributed by atoms with Crippen molar-refractivity contribution in [2.45, 2.75) is 38.6 Å². The van der Waals surface area contributed by atoms with E-state index in [2.05, 4.69) is 5.32 Å². The third-order valence-electron chi connectivity index (χ3n) is 8.51. The van der Waals surface area contributed by atoms with E-state index in [0.29, 0.717) is 17.9 Å². The second kappa shape index (κ2) is 11.1. The van der Waals surface area contributed by atoms with Gasteiger partial charge in [-0.3, -0.25) is 19.3 Å². The molecule has 9 heteroatoms. The van der Waals surface area contributed by atoms with Crippen LogP contribution in [0.15, 0.2) is 72.8 Å². The van der Waals surface area contributed by atoms with Gasteiger partial charge in [-0.05, 0) is 59.4 Å². The molecule has 0 spiro atoms. The van der Waals surface area contributed by atoms with Gasteiger partial charge in [0.1, 0.15) is 6.04 Å². The summed E-state index contributed by atoms with van der Waals surface area (Å²) in [5.41, 5.74) is 4.92. The van der Waals surface area contributed by atoms with Crippen LogP contribution in [0.25, 0.3) is 0 Å². The van der Waals surface area contributed by atoms with Gasteiger partial charge >= 0.3 is 11.9 Å². The number of imide groups is 1. The molecule has 9 nitrogen and oxygen atoms in total. The number of anilines is 1. The maximum Gasteiger partial charge on any atom is 0.338 e. The van der Waals surface area contributed by atoms with Crippen molar-refractivity contribution in [2.75, 3.05) is 18.5 Å². The molecule has 220 valence electrons. The van der Waals surface area contributed by atoms with Gasteiger partial charge in [0.15, 0.2) is 6.61 Å². The molecule has 43 heavy (non-hydrogen) atoms. The molecule has 3 aromatic carbocycles. The van der Waals surface area contributed by atoms with Crippen LogP contribution in [0.2, 0.25) is 0 Å². The van der Waals surface area contributed by atoms with Crippen molar-refractivity contribution in [1.29, 1.82) is 0 Å². The van der Waals surface area contributed by atoms with Crippen molar-refractivity contribution in [3.8, 4) is 0 Å². The highest BCUT2D eigenvalue weighted by atomic mass is 16.5. The highest BCUT2D eigenvalue weighted by Gasteiger charge is 2.62. The summed E-state index contributed by atoms with van der Waals surface area (Å²) in [4.78, 5) is 66.3. The third kappa shape index (κ3) is 4.88. The SMILES string of the molecule is CC(C)COC(=O)c1ccc(NC(=O)COC(=O)[C@H](C)N2C(=O)[C@@H]3C4c5ccccc5C(c5ccccc54)[C@@H]3C2=O)cc1. The summed E-state index contributed by atoms with van der Waals surface area (Å²) in [6, 6.07) is 20.8. The maximum absolute atomic E-state index is 13.8. The van der Waals surface area contributed by atoms with Gasteiger partial charge in [-0.1, -0.05) is 62.4 Å². The number of carbonyl (C=O) groups excluding carboxylic acids is 5. The molecule has 3 atom stereocenters. The summed E-state index contributed by atoms with van der Waals surface area (Å²) < 4.78 is 10.4. The minimum absolute atomic E-state index is 0.211. The lowest BCUT2D eigenvalue weighted by Gasteiger charge is -2.45. The van der Waals surface area contributed by atoms with E-state index < -0.39 is 54.1 Å². The van der Waals surface area contributed by atoms with Gasteiger partial charge in [-0.25, -0.2) is 9.59 Å². The molecule has 1 saturated heterocycles. The van der Waals surface area contributed by atoms with Crippen LogP contribution in [-0.2, 0) is 28.7 Å². The van der Waals surface area contributed by atoms with Gasteiger partial charge < -0.3 is 14.8 Å². The Morgan fingerprint density at radius 1 is 0.744 bits per heavy atom. The molecule has 1 heterocycles. The highest BCUT2D eigenvalue weighted by molar-refractivity contribution is 6.10. The smallest absolute Gasteiger partial charge is 0.338 e. The summed E-state index contributed by atoms with van der Waals surface area (Å²) in [5, 5.41) is 2.60. The summed E-state index contributed by atoms with van der Waals surface area (Å²) in [6.45, 7) is 5.03. The van der Waals surface area contributed by atoms with Gasteiger partial charge in [0.2, 0.25) is 11.8 Å². The lowest BCUT2D eigenvalue weighted by atomic mass is 9.55. The van der Waals surface area contributed by atoms with Crippen LogP contribution >= 0.6 is 0 Å². The number of nitrogens with one attached hydrogen (secondary N) is 1. The Hall–Kier alpha value is -4.79. The van der Waals surface area contributed by atoms with Crippen molar-refractivity contribution in [3.05, 3.63) is 101 Å². The largest absolute Gasteiger partial charge is 0.462 e. The number of esters is 2.